The average molecular weight is 275 g/mol. The zero-order valence-corrected chi connectivity index (χ0v) is 12.0. The summed E-state index contributed by atoms with van der Waals surface area (Å²) in [5.41, 5.74) is 1.11. The predicted molar refractivity (Wildman–Crippen MR) is 78.1 cm³/mol. The number of methoxy groups -OCH3 is 1. The molecule has 1 aromatic carbocycles. The van der Waals surface area contributed by atoms with Crippen molar-refractivity contribution in [3.63, 3.8) is 0 Å². The monoisotopic (exact) mass is 275 g/mol. The molecule has 0 bridgehead atoms. The molecule has 0 amide bonds. The van der Waals surface area contributed by atoms with E-state index in [0.29, 0.717) is 6.61 Å². The zero-order valence-electron chi connectivity index (χ0n) is 12.0. The van der Waals surface area contributed by atoms with E-state index in [0.717, 1.165) is 36.7 Å². The summed E-state index contributed by atoms with van der Waals surface area (Å²) in [5.74, 6) is 1.59. The summed E-state index contributed by atoms with van der Waals surface area (Å²) in [6, 6.07) is 5.95. The lowest BCUT2D eigenvalue weighted by Gasteiger charge is -2.15. The molecule has 5 heteroatoms. The van der Waals surface area contributed by atoms with Crippen molar-refractivity contribution in [2.75, 3.05) is 20.3 Å². The lowest BCUT2D eigenvalue weighted by atomic mass is 10.2. The second-order valence-corrected chi connectivity index (χ2v) is 4.38. The van der Waals surface area contributed by atoms with Gasteiger partial charge >= 0.3 is 0 Å². The highest BCUT2D eigenvalue weighted by atomic mass is 16.5. The van der Waals surface area contributed by atoms with E-state index >= 15 is 0 Å². The van der Waals surface area contributed by atoms with Gasteiger partial charge in [-0.05, 0) is 12.6 Å². The first-order valence-corrected chi connectivity index (χ1v) is 6.80. The molecule has 0 unspecified atom stereocenters. The molecule has 0 fully saturated rings. The lowest BCUT2D eigenvalue weighted by Crippen LogP contribution is -2.14. The van der Waals surface area contributed by atoms with Crippen LogP contribution >= 0.6 is 0 Å². The van der Waals surface area contributed by atoms with Crippen molar-refractivity contribution in [1.29, 1.82) is 0 Å². The number of ether oxygens (including phenoxy) is 2. The standard InChI is InChI=1S/C15H21N3O2/c1-3-16-11-13-5-4-6-14(19-2)15(13)20-10-9-18-8-7-17-12-18/h4-8,12,16H,3,9-11H2,1-2H3. The molecule has 1 N–H and O–H groups in total. The van der Waals surface area contributed by atoms with Crippen LogP contribution in [0.3, 0.4) is 0 Å². The Morgan fingerprint density at radius 3 is 2.95 bits per heavy atom. The predicted octanol–water partition coefficient (Wildman–Crippen LogP) is 2.08. The molecule has 0 spiro atoms. The van der Waals surface area contributed by atoms with Gasteiger partial charge in [0.2, 0.25) is 0 Å². The van der Waals surface area contributed by atoms with Gasteiger partial charge in [-0.2, -0.15) is 0 Å². The first kappa shape index (κ1) is 14.4. The van der Waals surface area contributed by atoms with Crippen LogP contribution in [0.1, 0.15) is 12.5 Å². The van der Waals surface area contributed by atoms with E-state index < -0.39 is 0 Å². The highest BCUT2D eigenvalue weighted by Crippen LogP contribution is 2.31. The van der Waals surface area contributed by atoms with Crippen molar-refractivity contribution in [2.45, 2.75) is 20.0 Å². The van der Waals surface area contributed by atoms with Gasteiger partial charge in [0, 0.05) is 24.5 Å². The van der Waals surface area contributed by atoms with Crippen LogP contribution in [0.25, 0.3) is 0 Å². The molecule has 0 aliphatic heterocycles. The Labute approximate surface area is 119 Å². The second-order valence-electron chi connectivity index (χ2n) is 4.38. The number of para-hydroxylation sites is 1. The number of hydrogen-bond donors (Lipinski definition) is 1. The zero-order chi connectivity index (χ0) is 14.2. The fraction of sp³-hybridized carbons (Fsp3) is 0.400. The van der Waals surface area contributed by atoms with E-state index in [1.54, 1.807) is 19.6 Å². The van der Waals surface area contributed by atoms with Gasteiger partial charge < -0.3 is 19.4 Å². The maximum absolute atomic E-state index is 5.92. The number of benzene rings is 1. The third-order valence-electron chi connectivity index (χ3n) is 3.00. The Hall–Kier alpha value is -2.01. The van der Waals surface area contributed by atoms with E-state index in [-0.39, 0.29) is 0 Å². The summed E-state index contributed by atoms with van der Waals surface area (Å²) in [4.78, 5) is 4.01. The molecular formula is C15H21N3O2. The number of rotatable bonds is 8. The fourth-order valence-electron chi connectivity index (χ4n) is 1.96. The van der Waals surface area contributed by atoms with Crippen LogP contribution in [-0.4, -0.2) is 29.8 Å². The van der Waals surface area contributed by atoms with Crippen molar-refractivity contribution in [1.82, 2.24) is 14.9 Å². The summed E-state index contributed by atoms with van der Waals surface area (Å²) in [6.45, 7) is 5.12. The highest BCUT2D eigenvalue weighted by molar-refractivity contribution is 5.46. The highest BCUT2D eigenvalue weighted by Gasteiger charge is 2.10. The first-order chi connectivity index (χ1) is 9.85. The van der Waals surface area contributed by atoms with Crippen LogP contribution in [0, 0.1) is 0 Å². The van der Waals surface area contributed by atoms with Crippen molar-refractivity contribution in [3.8, 4) is 11.5 Å². The van der Waals surface area contributed by atoms with Crippen molar-refractivity contribution in [3.05, 3.63) is 42.5 Å². The van der Waals surface area contributed by atoms with E-state index in [4.69, 9.17) is 9.47 Å². The van der Waals surface area contributed by atoms with Crippen molar-refractivity contribution < 1.29 is 9.47 Å². The first-order valence-electron chi connectivity index (χ1n) is 6.80. The van der Waals surface area contributed by atoms with Gasteiger partial charge in [0.15, 0.2) is 11.5 Å². The van der Waals surface area contributed by atoms with E-state index in [1.807, 2.05) is 22.9 Å². The molecule has 2 aromatic rings. The Morgan fingerprint density at radius 2 is 2.25 bits per heavy atom. The molecule has 0 saturated heterocycles. The third-order valence-corrected chi connectivity index (χ3v) is 3.00. The average Bonchev–Trinajstić information content (AvgIpc) is 2.99. The number of hydrogen-bond acceptors (Lipinski definition) is 4. The van der Waals surface area contributed by atoms with Crippen LogP contribution < -0.4 is 14.8 Å². The van der Waals surface area contributed by atoms with Gasteiger partial charge in [-0.25, -0.2) is 4.98 Å². The van der Waals surface area contributed by atoms with E-state index in [2.05, 4.69) is 23.3 Å². The molecule has 1 aromatic heterocycles. The van der Waals surface area contributed by atoms with Gasteiger partial charge in [-0.3, -0.25) is 0 Å². The van der Waals surface area contributed by atoms with Gasteiger partial charge in [0.1, 0.15) is 6.61 Å². The minimum atomic E-state index is 0.579. The number of nitrogens with one attached hydrogen (secondary N) is 1. The van der Waals surface area contributed by atoms with Crippen LogP contribution in [-0.2, 0) is 13.1 Å². The molecule has 1 heterocycles. The van der Waals surface area contributed by atoms with Gasteiger partial charge in [0.25, 0.3) is 0 Å². The molecule has 0 radical (unpaired) electrons. The maximum Gasteiger partial charge on any atom is 0.165 e. The molecular weight excluding hydrogens is 254 g/mol. The Morgan fingerprint density at radius 1 is 1.35 bits per heavy atom. The van der Waals surface area contributed by atoms with Crippen molar-refractivity contribution >= 4 is 0 Å². The topological polar surface area (TPSA) is 48.3 Å². The summed E-state index contributed by atoms with van der Waals surface area (Å²) >= 11 is 0. The van der Waals surface area contributed by atoms with Crippen LogP contribution in [0.2, 0.25) is 0 Å². The maximum atomic E-state index is 5.92. The summed E-state index contributed by atoms with van der Waals surface area (Å²) in [7, 11) is 1.66. The summed E-state index contributed by atoms with van der Waals surface area (Å²) < 4.78 is 13.3. The van der Waals surface area contributed by atoms with Crippen LogP contribution in [0.15, 0.2) is 36.9 Å². The van der Waals surface area contributed by atoms with Crippen LogP contribution in [0.4, 0.5) is 0 Å². The Bertz CT molecular complexity index is 512. The molecule has 0 atom stereocenters. The van der Waals surface area contributed by atoms with Gasteiger partial charge in [0.05, 0.1) is 20.0 Å². The molecule has 20 heavy (non-hydrogen) atoms. The minimum absolute atomic E-state index is 0.579. The number of nitrogens with zero attached hydrogens (tertiary/aromatic N) is 2. The second kappa shape index (κ2) is 7.55. The van der Waals surface area contributed by atoms with E-state index in [9.17, 15) is 0 Å². The quantitative estimate of drug-likeness (QED) is 0.801. The Kier molecular flexibility index (Phi) is 5.43. The SMILES string of the molecule is CCNCc1cccc(OC)c1OCCn1ccnc1. The number of aromatic nitrogens is 2. The molecule has 108 valence electrons. The van der Waals surface area contributed by atoms with Crippen LogP contribution in [0.5, 0.6) is 11.5 Å². The molecule has 5 nitrogen and oxygen atoms in total. The summed E-state index contributed by atoms with van der Waals surface area (Å²) in [6.07, 6.45) is 5.47. The number of imidazole rings is 1. The smallest absolute Gasteiger partial charge is 0.165 e. The minimum Gasteiger partial charge on any atom is -0.493 e. The largest absolute Gasteiger partial charge is 0.493 e. The normalized spacial score (nSPS) is 10.5. The summed E-state index contributed by atoms with van der Waals surface area (Å²) in [5, 5.41) is 3.31. The Balaban J connectivity index is 2.03. The van der Waals surface area contributed by atoms with Gasteiger partial charge in [-0.1, -0.05) is 19.1 Å². The molecule has 0 aliphatic rings. The third kappa shape index (κ3) is 3.74. The molecule has 0 aliphatic carbocycles. The molecule has 0 saturated carbocycles. The molecule has 2 rings (SSSR count). The van der Waals surface area contributed by atoms with E-state index in [1.165, 1.54) is 0 Å². The van der Waals surface area contributed by atoms with Gasteiger partial charge in [-0.15, -0.1) is 0 Å². The fourth-order valence-corrected chi connectivity index (χ4v) is 1.96. The lowest BCUT2D eigenvalue weighted by molar-refractivity contribution is 0.276. The van der Waals surface area contributed by atoms with Crippen molar-refractivity contribution in [2.24, 2.45) is 0 Å².